The fourth-order valence-corrected chi connectivity index (χ4v) is 0.865. The first kappa shape index (κ1) is 25.6. The van der Waals surface area contributed by atoms with Crippen molar-refractivity contribution in [1.29, 1.82) is 0 Å². The second kappa shape index (κ2) is 18.2. The molecule has 80 valence electrons. The molecule has 0 unspecified atom stereocenters. The zero-order chi connectivity index (χ0) is 11.6. The van der Waals surface area contributed by atoms with Crippen molar-refractivity contribution in [2.75, 3.05) is 0 Å². The average molecular weight is 611 g/mol. The van der Waals surface area contributed by atoms with E-state index in [0.717, 1.165) is 0 Å². The summed E-state index contributed by atoms with van der Waals surface area (Å²) in [6.45, 7) is 10.0. The van der Waals surface area contributed by atoms with Crippen LogP contribution in [-0.2, 0) is 68.0 Å². The molecule has 16 heavy (non-hydrogen) atoms. The third-order valence-corrected chi connectivity index (χ3v) is 1.46. The first-order valence-corrected chi connectivity index (χ1v) is 4.51. The van der Waals surface area contributed by atoms with Gasteiger partial charge in [-0.3, -0.25) is 0 Å². The van der Waals surface area contributed by atoms with E-state index in [4.69, 9.17) is 12.6 Å². The standard InChI is InChI=1S/C7H6O2S.2C2H5.2Hg/c8-7(9)5-3-1-2-4-6(5)10;2*1-2;;/h1-4,10H,(H,8,9);2*1H2,2H3;;/q;;;2*+1/p-2. The van der Waals surface area contributed by atoms with Crippen molar-refractivity contribution in [3.8, 4) is 0 Å². The van der Waals surface area contributed by atoms with Crippen LogP contribution >= 0.6 is 0 Å². The topological polar surface area (TPSA) is 40.1 Å². The van der Waals surface area contributed by atoms with Gasteiger partial charge in [-0.25, -0.2) is 0 Å². The van der Waals surface area contributed by atoms with Crippen LogP contribution in [0.2, 0.25) is 0 Å². The minimum atomic E-state index is -1.22. The predicted octanol–water partition coefficient (Wildman–Crippen LogP) is 1.63. The van der Waals surface area contributed by atoms with E-state index in [9.17, 15) is 9.90 Å². The van der Waals surface area contributed by atoms with Gasteiger partial charge in [-0.2, -0.15) is 4.90 Å². The molecule has 0 atom stereocenters. The summed E-state index contributed by atoms with van der Waals surface area (Å²) in [7, 11) is 0. The number of hydrogen-bond acceptors (Lipinski definition) is 3. The van der Waals surface area contributed by atoms with Gasteiger partial charge in [0.25, 0.3) is 0 Å². The molecule has 0 spiro atoms. The van der Waals surface area contributed by atoms with Crippen molar-refractivity contribution in [1.82, 2.24) is 0 Å². The van der Waals surface area contributed by atoms with Crippen molar-refractivity contribution in [3.05, 3.63) is 43.7 Å². The fourth-order valence-electron chi connectivity index (χ4n) is 0.635. The van der Waals surface area contributed by atoms with Gasteiger partial charge in [-0.05, 0) is 5.56 Å². The van der Waals surface area contributed by atoms with Crippen LogP contribution in [0.15, 0.2) is 29.2 Å². The van der Waals surface area contributed by atoms with Gasteiger partial charge in [0, 0.05) is 0 Å². The molecule has 0 aliphatic heterocycles. The van der Waals surface area contributed by atoms with E-state index in [1.807, 2.05) is 0 Å². The van der Waals surface area contributed by atoms with E-state index in [-0.39, 0.29) is 60.9 Å². The third-order valence-electron chi connectivity index (χ3n) is 1.11. The molecule has 0 fully saturated rings. The van der Waals surface area contributed by atoms with E-state index in [2.05, 4.69) is 13.8 Å². The Bertz CT molecular complexity index is 268. The number of carboxylic acids is 1. The molecule has 1 rings (SSSR count). The van der Waals surface area contributed by atoms with E-state index in [1.54, 1.807) is 32.0 Å². The van der Waals surface area contributed by atoms with E-state index < -0.39 is 5.97 Å². The number of rotatable bonds is 1. The molecular weight excluding hydrogens is 597 g/mol. The van der Waals surface area contributed by atoms with E-state index in [0.29, 0.717) is 4.90 Å². The van der Waals surface area contributed by atoms with Gasteiger partial charge in [-0.15, -0.1) is 0 Å². The second-order valence-electron chi connectivity index (χ2n) is 1.78. The van der Waals surface area contributed by atoms with Crippen molar-refractivity contribution in [2.24, 2.45) is 0 Å². The van der Waals surface area contributed by atoms with Gasteiger partial charge in [0.1, 0.15) is 0 Å². The van der Waals surface area contributed by atoms with Crippen molar-refractivity contribution in [3.63, 3.8) is 0 Å². The van der Waals surface area contributed by atoms with Crippen LogP contribution < -0.4 is 5.11 Å². The summed E-state index contributed by atoms with van der Waals surface area (Å²) in [5, 5.41) is 10.2. The summed E-state index contributed by atoms with van der Waals surface area (Å²) in [4.78, 5) is 10.6. The second-order valence-corrected chi connectivity index (χ2v) is 2.22. The molecule has 0 saturated carbocycles. The average Bonchev–Trinajstić information content (AvgIpc) is 2.24. The number of carbonyl (C=O) groups excluding carboxylic acids is 1. The number of aromatic carboxylic acids is 1. The van der Waals surface area contributed by atoms with E-state index in [1.165, 1.54) is 6.07 Å². The Morgan fingerprint density at radius 3 is 1.75 bits per heavy atom. The Kier molecular flexibility index (Phi) is 29.0. The summed E-state index contributed by atoms with van der Waals surface area (Å²) in [5.74, 6) is -1.22. The molecule has 0 aliphatic carbocycles. The van der Waals surface area contributed by atoms with Gasteiger partial charge < -0.3 is 22.5 Å². The normalized spacial score (nSPS) is 6.50. The molecule has 1 aromatic rings. The molecule has 1 aromatic carbocycles. The largest absolute Gasteiger partial charge is 1.00 e. The summed E-state index contributed by atoms with van der Waals surface area (Å²) < 4.78 is 0. The number of carbonyl (C=O) groups is 1. The first-order valence-electron chi connectivity index (χ1n) is 4.10. The van der Waals surface area contributed by atoms with Gasteiger partial charge in [0.15, 0.2) is 0 Å². The minimum Gasteiger partial charge on any atom is -0.779 e. The Morgan fingerprint density at radius 2 is 1.50 bits per heavy atom. The quantitative estimate of drug-likeness (QED) is 0.359. The maximum Gasteiger partial charge on any atom is 1.00 e. The summed E-state index contributed by atoms with van der Waals surface area (Å²) >= 11 is 4.71. The van der Waals surface area contributed by atoms with Crippen LogP contribution in [0.1, 0.15) is 24.2 Å². The SMILES string of the molecule is O=C([O-])c1ccccc1[S-].[CH2]C.[CH2]C.[Hg+].[Hg+]. The number of hydrogen-bond donors (Lipinski definition) is 0. The Hall–Kier alpha value is 0.780. The maximum atomic E-state index is 10.2. The minimum absolute atomic E-state index is 0. The van der Waals surface area contributed by atoms with Crippen molar-refractivity contribution < 1.29 is 65.2 Å². The molecule has 0 saturated heterocycles. The summed E-state index contributed by atoms with van der Waals surface area (Å²) in [6, 6.07) is 6.29. The van der Waals surface area contributed by atoms with Crippen LogP contribution in [0.4, 0.5) is 0 Å². The van der Waals surface area contributed by atoms with Crippen molar-refractivity contribution >= 4 is 18.6 Å². The zero-order valence-electron chi connectivity index (χ0n) is 9.86. The summed E-state index contributed by atoms with van der Waals surface area (Å²) in [5.41, 5.74) is 0.0810. The van der Waals surface area contributed by atoms with Gasteiger partial charge in [0.05, 0.1) is 5.97 Å². The molecule has 4 radical (unpaired) electrons. The van der Waals surface area contributed by atoms with Crippen LogP contribution in [-0.4, -0.2) is 5.97 Å². The number of benzene rings is 1. The van der Waals surface area contributed by atoms with Crippen LogP contribution in [0.5, 0.6) is 0 Å². The van der Waals surface area contributed by atoms with Crippen LogP contribution in [0.25, 0.3) is 0 Å². The third kappa shape index (κ3) is 11.3. The predicted molar refractivity (Wildman–Crippen MR) is 58.5 cm³/mol. The van der Waals surface area contributed by atoms with E-state index >= 15 is 0 Å². The molecule has 0 bridgehead atoms. The summed E-state index contributed by atoms with van der Waals surface area (Å²) in [6.07, 6.45) is 0. The molecule has 0 heterocycles. The first-order chi connectivity index (χ1) is 6.72. The molecule has 0 aliphatic rings. The fraction of sp³-hybridized carbons (Fsp3) is 0.182. The Labute approximate surface area is 145 Å². The van der Waals surface area contributed by atoms with Gasteiger partial charge >= 0.3 is 55.3 Å². The van der Waals surface area contributed by atoms with Crippen LogP contribution in [0.3, 0.4) is 0 Å². The monoisotopic (exact) mass is 614 g/mol. The molecular formula is C11H14Hg2O2S. The smallest absolute Gasteiger partial charge is 0.779 e. The van der Waals surface area contributed by atoms with Crippen LogP contribution in [0, 0.1) is 13.8 Å². The Morgan fingerprint density at radius 1 is 1.12 bits per heavy atom. The van der Waals surface area contributed by atoms with Crippen molar-refractivity contribution in [2.45, 2.75) is 18.7 Å². The van der Waals surface area contributed by atoms with Gasteiger partial charge in [-0.1, -0.05) is 52.0 Å². The zero-order valence-corrected chi connectivity index (χ0v) is 21.7. The molecule has 0 amide bonds. The molecule has 2 nitrogen and oxygen atoms in total. The Balaban J connectivity index is -0.000000109. The molecule has 5 heteroatoms. The molecule has 0 aromatic heterocycles. The maximum absolute atomic E-state index is 10.2. The van der Waals surface area contributed by atoms with Gasteiger partial charge in [0.2, 0.25) is 0 Å². The molecule has 0 N–H and O–H groups in total. The number of carboxylic acid groups (broad SMARTS) is 1.